The van der Waals surface area contributed by atoms with Crippen LogP contribution in [0.5, 0.6) is 11.5 Å². The van der Waals surface area contributed by atoms with Gasteiger partial charge in [-0.3, -0.25) is 9.35 Å². The zero-order chi connectivity index (χ0) is 34.5. The molecule has 3 aliphatic rings. The highest BCUT2D eigenvalue weighted by atomic mass is 32.2. The van der Waals surface area contributed by atoms with Crippen LogP contribution in [0.3, 0.4) is 0 Å². The van der Waals surface area contributed by atoms with Gasteiger partial charge >= 0.3 is 21.3 Å². The van der Waals surface area contributed by atoms with Crippen LogP contribution in [0.25, 0.3) is 0 Å². The molecule has 2 saturated carbocycles. The number of rotatable bonds is 10. The Labute approximate surface area is 283 Å². The van der Waals surface area contributed by atoms with E-state index in [-0.39, 0.29) is 23.2 Å². The number of ether oxygens (including phenoxy) is 4. The summed E-state index contributed by atoms with van der Waals surface area (Å²) in [5, 5.41) is -4.49. The molecule has 0 aromatic heterocycles. The molecule has 0 radical (unpaired) electrons. The molecule has 1 N–H and O–H groups in total. The van der Waals surface area contributed by atoms with Crippen LogP contribution in [0.15, 0.2) is 87.5 Å². The maximum absolute atomic E-state index is 14.1. The molecule has 1 saturated heterocycles. The maximum Gasteiger partial charge on any atom is 0.405 e. The third kappa shape index (κ3) is 7.14. The van der Waals surface area contributed by atoms with Gasteiger partial charge in [-0.15, -0.1) is 0 Å². The van der Waals surface area contributed by atoms with E-state index in [1.807, 2.05) is 57.2 Å². The topological polar surface area (TPSA) is 108 Å². The maximum atomic E-state index is 14.1. The lowest BCUT2D eigenvalue weighted by atomic mass is 9.89. The number of carbonyl (C=O) groups is 1. The fourth-order valence-corrected chi connectivity index (χ4v) is 9.28. The molecule has 3 aromatic rings. The Hall–Kier alpha value is -3.03. The molecule has 3 fully saturated rings. The fourth-order valence-electron chi connectivity index (χ4n) is 6.77. The Bertz CT molecular complexity index is 1720. The fraction of sp³-hybridized carbons (Fsp3) is 0.472. The summed E-state index contributed by atoms with van der Waals surface area (Å²) in [6.45, 7) is 7.72. The van der Waals surface area contributed by atoms with Gasteiger partial charge in [-0.1, -0.05) is 18.6 Å². The summed E-state index contributed by atoms with van der Waals surface area (Å²) in [5.41, 5.74) is -0.0127. The molecule has 2 bridgehead atoms. The first kappa shape index (κ1) is 34.8. The van der Waals surface area contributed by atoms with Gasteiger partial charge in [-0.05, 0) is 125 Å². The number of benzene rings is 3. The highest BCUT2D eigenvalue weighted by molar-refractivity contribution is 7.97. The molecule has 6 unspecified atom stereocenters. The van der Waals surface area contributed by atoms with E-state index < -0.39 is 38.0 Å². The van der Waals surface area contributed by atoms with E-state index in [1.54, 1.807) is 24.3 Å². The second kappa shape index (κ2) is 13.0. The first-order chi connectivity index (χ1) is 22.5. The van der Waals surface area contributed by atoms with E-state index >= 15 is 0 Å². The third-order valence-corrected chi connectivity index (χ3v) is 12.9. The molecule has 48 heavy (non-hydrogen) atoms. The Morgan fingerprint density at radius 1 is 0.875 bits per heavy atom. The van der Waals surface area contributed by atoms with Gasteiger partial charge in [0.1, 0.15) is 17.1 Å². The molecule has 8 nitrogen and oxygen atoms in total. The quantitative estimate of drug-likeness (QED) is 0.101. The molecular weight excluding hydrogens is 663 g/mol. The van der Waals surface area contributed by atoms with E-state index in [0.717, 1.165) is 46.4 Å². The molecule has 1 heterocycles. The van der Waals surface area contributed by atoms with E-state index in [1.165, 1.54) is 18.6 Å². The van der Waals surface area contributed by atoms with Crippen molar-refractivity contribution in [2.75, 3.05) is 13.2 Å². The molecule has 2 aliphatic carbocycles. The SMILES string of the molecule is CC(Oc1ccc([S+](c2ccc(OC(=O)C3CC4CCC3C4)cc2)c2ccc(C3(C)COC(C)(C)CO3)cc2)cc1)C(F)(F)S(=O)(=O)O. The first-order valence-electron chi connectivity index (χ1n) is 16.1. The third-order valence-electron chi connectivity index (χ3n) is 9.69. The van der Waals surface area contributed by atoms with Gasteiger partial charge in [0.05, 0.1) is 35.6 Å². The molecule has 6 rings (SSSR count). The van der Waals surface area contributed by atoms with Crippen molar-refractivity contribution in [1.29, 1.82) is 0 Å². The van der Waals surface area contributed by atoms with Crippen LogP contribution >= 0.6 is 0 Å². The van der Waals surface area contributed by atoms with Crippen LogP contribution in [0.1, 0.15) is 58.9 Å². The normalized spacial score (nSPS) is 26.5. The van der Waals surface area contributed by atoms with Crippen LogP contribution in [0.2, 0.25) is 0 Å². The molecule has 0 amide bonds. The molecule has 6 atom stereocenters. The van der Waals surface area contributed by atoms with Crippen LogP contribution in [0, 0.1) is 17.8 Å². The lowest BCUT2D eigenvalue weighted by Gasteiger charge is -2.41. The summed E-state index contributed by atoms with van der Waals surface area (Å²) in [5.74, 6) is 1.34. The standard InChI is InChI=1S/C36H40F2O8S2/c1-23(36(37,38)48(40,41)42)45-27-9-15-30(16-10-27)47(29-13-7-26(8-14-29)35(4)22-43-34(2,3)21-44-35)31-17-11-28(12-18-31)46-33(39)32-20-24-5-6-25(32)19-24/h7-18,23-25,32H,5-6,19-22H2,1-4H3/p+1. The predicted octanol–water partition coefficient (Wildman–Crippen LogP) is 7.41. The molecule has 3 aromatic carbocycles. The number of hydrogen-bond donors (Lipinski definition) is 1. The van der Waals surface area contributed by atoms with E-state index in [2.05, 4.69) is 0 Å². The number of carbonyl (C=O) groups excluding carboxylic acids is 1. The van der Waals surface area contributed by atoms with Gasteiger partial charge in [-0.25, -0.2) is 0 Å². The summed E-state index contributed by atoms with van der Waals surface area (Å²) >= 11 is 0. The smallest absolute Gasteiger partial charge is 0.405 e. The Morgan fingerprint density at radius 2 is 1.44 bits per heavy atom. The first-order valence-corrected chi connectivity index (χ1v) is 18.8. The number of alkyl halides is 2. The summed E-state index contributed by atoms with van der Waals surface area (Å²) < 4.78 is 82.9. The second-order valence-electron chi connectivity index (χ2n) is 13.8. The Kier molecular flexibility index (Phi) is 9.44. The lowest BCUT2D eigenvalue weighted by Crippen LogP contribution is -2.47. The van der Waals surface area contributed by atoms with Crippen LogP contribution in [-0.2, 0) is 40.9 Å². The highest BCUT2D eigenvalue weighted by Crippen LogP contribution is 2.49. The van der Waals surface area contributed by atoms with Crippen molar-refractivity contribution >= 4 is 27.0 Å². The van der Waals surface area contributed by atoms with Crippen LogP contribution < -0.4 is 9.47 Å². The average molecular weight is 704 g/mol. The van der Waals surface area contributed by atoms with Crippen molar-refractivity contribution in [1.82, 2.24) is 0 Å². The van der Waals surface area contributed by atoms with Crippen molar-refractivity contribution in [3.05, 3.63) is 78.4 Å². The summed E-state index contributed by atoms with van der Waals surface area (Å²) in [6, 6.07) is 21.9. The highest BCUT2D eigenvalue weighted by Gasteiger charge is 2.51. The molecule has 0 spiro atoms. The average Bonchev–Trinajstić information content (AvgIpc) is 3.69. The van der Waals surface area contributed by atoms with Crippen molar-refractivity contribution in [2.45, 2.75) is 90.6 Å². The van der Waals surface area contributed by atoms with Crippen molar-refractivity contribution < 1.29 is 45.5 Å². The number of esters is 1. The predicted molar refractivity (Wildman–Crippen MR) is 176 cm³/mol. The van der Waals surface area contributed by atoms with Gasteiger partial charge in [0.2, 0.25) is 0 Å². The van der Waals surface area contributed by atoms with E-state index in [9.17, 15) is 22.0 Å². The second-order valence-corrected chi connectivity index (χ2v) is 17.4. The minimum Gasteiger partial charge on any atom is -0.483 e. The van der Waals surface area contributed by atoms with Crippen molar-refractivity contribution in [2.24, 2.45) is 17.8 Å². The number of fused-ring (bicyclic) bond motifs is 2. The summed E-state index contributed by atoms with van der Waals surface area (Å²) in [6.07, 6.45) is 2.18. The van der Waals surface area contributed by atoms with Crippen LogP contribution in [-0.4, -0.2) is 49.1 Å². The van der Waals surface area contributed by atoms with Gasteiger partial charge in [0.25, 0.3) is 0 Å². The minimum atomic E-state index is -5.66. The summed E-state index contributed by atoms with van der Waals surface area (Å²) in [7, 11) is -6.34. The van der Waals surface area contributed by atoms with E-state index in [0.29, 0.717) is 30.8 Å². The van der Waals surface area contributed by atoms with Gasteiger partial charge < -0.3 is 18.9 Å². The monoisotopic (exact) mass is 703 g/mol. The number of halogens is 2. The van der Waals surface area contributed by atoms with Gasteiger partial charge in [0, 0.05) is 0 Å². The number of hydrogen-bond acceptors (Lipinski definition) is 7. The largest absolute Gasteiger partial charge is 0.483 e. The molecule has 12 heteroatoms. The van der Waals surface area contributed by atoms with Crippen molar-refractivity contribution in [3.63, 3.8) is 0 Å². The lowest BCUT2D eigenvalue weighted by molar-refractivity contribution is -0.221. The molecular formula is C36H41F2O8S2+. The zero-order valence-electron chi connectivity index (χ0n) is 27.4. The molecule has 1 aliphatic heterocycles. The van der Waals surface area contributed by atoms with Gasteiger partial charge in [0.15, 0.2) is 20.8 Å². The van der Waals surface area contributed by atoms with E-state index in [4.69, 9.17) is 23.5 Å². The molecule has 258 valence electrons. The van der Waals surface area contributed by atoms with Crippen molar-refractivity contribution in [3.8, 4) is 11.5 Å². The van der Waals surface area contributed by atoms with Crippen LogP contribution in [0.4, 0.5) is 8.78 Å². The summed E-state index contributed by atoms with van der Waals surface area (Å²) in [4.78, 5) is 15.7. The minimum absolute atomic E-state index is 0.0154. The Morgan fingerprint density at radius 3 is 1.92 bits per heavy atom. The Balaban J connectivity index is 1.25. The van der Waals surface area contributed by atoms with Gasteiger partial charge in [-0.2, -0.15) is 17.2 Å². The zero-order valence-corrected chi connectivity index (χ0v) is 29.0.